The van der Waals surface area contributed by atoms with Crippen LogP contribution in [-0.4, -0.2) is 52.8 Å². The molecule has 2 amide bonds. The molecule has 3 aliphatic carbocycles. The van der Waals surface area contributed by atoms with Crippen LogP contribution in [0.2, 0.25) is 0 Å². The summed E-state index contributed by atoms with van der Waals surface area (Å²) >= 11 is 0. The number of allylic oxidation sites excluding steroid dienone is 4. The van der Waals surface area contributed by atoms with Crippen LogP contribution in [0.25, 0.3) is 0 Å². The first-order valence-electron chi connectivity index (χ1n) is 14.5. The summed E-state index contributed by atoms with van der Waals surface area (Å²) in [5.41, 5.74) is 1.63. The number of carboxylic acids is 1. The van der Waals surface area contributed by atoms with Crippen molar-refractivity contribution in [1.29, 1.82) is 0 Å². The average Bonchev–Trinajstić information content (AvgIpc) is 3.27. The van der Waals surface area contributed by atoms with Gasteiger partial charge in [0.25, 0.3) is 0 Å². The van der Waals surface area contributed by atoms with Crippen molar-refractivity contribution in [2.24, 2.45) is 29.1 Å². The lowest BCUT2D eigenvalue weighted by Crippen LogP contribution is -2.55. The Morgan fingerprint density at radius 2 is 1.72 bits per heavy atom. The summed E-state index contributed by atoms with van der Waals surface area (Å²) < 4.78 is 5.55. The van der Waals surface area contributed by atoms with Crippen molar-refractivity contribution in [1.82, 2.24) is 0 Å². The van der Waals surface area contributed by atoms with Crippen molar-refractivity contribution in [3.8, 4) is 5.75 Å². The average molecular weight is 584 g/mol. The third-order valence-corrected chi connectivity index (χ3v) is 10.1. The second-order valence-corrected chi connectivity index (χ2v) is 12.1. The fourth-order valence-corrected chi connectivity index (χ4v) is 7.91. The summed E-state index contributed by atoms with van der Waals surface area (Å²) in [5.74, 6) is -4.68. The number of hydrogen-bond acceptors (Lipinski definition) is 7. The fraction of sp³-hybridized carbons (Fsp3) is 0.382. The Balaban J connectivity index is 1.46. The summed E-state index contributed by atoms with van der Waals surface area (Å²) in [6.07, 6.45) is 2.53. The second kappa shape index (κ2) is 10.4. The zero-order chi connectivity index (χ0) is 30.8. The molecule has 9 nitrogen and oxygen atoms in total. The first-order valence-corrected chi connectivity index (χ1v) is 14.5. The van der Waals surface area contributed by atoms with E-state index >= 15 is 0 Å². The van der Waals surface area contributed by atoms with Crippen LogP contribution in [0.4, 0.5) is 5.69 Å². The Kier molecular flexibility index (Phi) is 6.96. The third-order valence-electron chi connectivity index (χ3n) is 10.1. The van der Waals surface area contributed by atoms with Crippen LogP contribution in [0.5, 0.6) is 5.75 Å². The Morgan fingerprint density at radius 3 is 2.40 bits per heavy atom. The second-order valence-electron chi connectivity index (χ2n) is 12.1. The highest BCUT2D eigenvalue weighted by Gasteiger charge is 2.64. The van der Waals surface area contributed by atoms with Crippen LogP contribution in [0.3, 0.4) is 0 Å². The predicted molar refractivity (Wildman–Crippen MR) is 155 cm³/mol. The lowest BCUT2D eigenvalue weighted by atomic mass is 9.46. The van der Waals surface area contributed by atoms with Crippen LogP contribution < -0.4 is 9.64 Å². The number of carbonyl (C=O) groups excluding carboxylic acids is 4. The van der Waals surface area contributed by atoms with E-state index in [4.69, 9.17) is 9.84 Å². The van der Waals surface area contributed by atoms with E-state index in [1.807, 2.05) is 25.1 Å². The van der Waals surface area contributed by atoms with E-state index in [1.165, 1.54) is 18.2 Å². The maximum atomic E-state index is 14.1. The minimum Gasteiger partial charge on any atom is -0.491 e. The van der Waals surface area contributed by atoms with Crippen LogP contribution in [0.1, 0.15) is 55.5 Å². The molecule has 43 heavy (non-hydrogen) atoms. The molecule has 1 saturated heterocycles. The summed E-state index contributed by atoms with van der Waals surface area (Å²) in [5, 5.41) is 18.6. The summed E-state index contributed by atoms with van der Waals surface area (Å²) in [6, 6.07) is 13.0. The maximum absolute atomic E-state index is 14.1. The summed E-state index contributed by atoms with van der Waals surface area (Å²) in [6.45, 7) is 5.22. The normalized spacial score (nSPS) is 30.1. The number of benzene rings is 2. The number of aliphatic hydroxyl groups is 1. The third kappa shape index (κ3) is 4.20. The first-order chi connectivity index (χ1) is 20.5. The number of ether oxygens (including phenoxy) is 1. The maximum Gasteiger partial charge on any atom is 0.335 e. The number of anilines is 1. The largest absolute Gasteiger partial charge is 0.491 e. The van der Waals surface area contributed by atoms with Gasteiger partial charge in [0.2, 0.25) is 11.8 Å². The van der Waals surface area contributed by atoms with Gasteiger partial charge in [-0.25, -0.2) is 4.79 Å². The van der Waals surface area contributed by atoms with Gasteiger partial charge in [-0.1, -0.05) is 36.8 Å². The smallest absolute Gasteiger partial charge is 0.335 e. The van der Waals surface area contributed by atoms with Crippen LogP contribution in [0, 0.1) is 29.1 Å². The van der Waals surface area contributed by atoms with Crippen molar-refractivity contribution in [2.45, 2.75) is 39.5 Å². The zero-order valence-electron chi connectivity index (χ0n) is 24.2. The molecular weight excluding hydrogens is 550 g/mol. The Labute approximate surface area is 248 Å². The van der Waals surface area contributed by atoms with Gasteiger partial charge in [-0.05, 0) is 79.6 Å². The minimum absolute atomic E-state index is 0.0318. The van der Waals surface area contributed by atoms with Gasteiger partial charge >= 0.3 is 5.97 Å². The molecule has 0 unspecified atom stereocenters. The number of aromatic carboxylic acids is 1. The lowest BCUT2D eigenvalue weighted by molar-refractivity contribution is -0.142. The monoisotopic (exact) mass is 583 g/mol. The Hall–Kier alpha value is -4.37. The van der Waals surface area contributed by atoms with Gasteiger partial charge in [0.05, 0.1) is 35.1 Å². The molecule has 9 heteroatoms. The first kappa shape index (κ1) is 28.7. The summed E-state index contributed by atoms with van der Waals surface area (Å²) in [7, 11) is 0. The number of imide groups is 1. The predicted octanol–water partition coefficient (Wildman–Crippen LogP) is 4.11. The standard InChI is InChI=1S/C34H33NO8/c1-17-18(2)30(38)34(3)26(29(17)37)16-25-23(28(34)19-7-9-22(10-8-19)43-14-13-36)11-12-24-27(25)32(40)35(31(24)39)21-6-4-5-20(15-21)33(41)42/h4-11,15,24-28,36H,12-14,16H2,1-3H3,(H,41,42)/t24-,25+,26-,27-,28-,34+/m0/s1. The molecule has 2 aromatic rings. The molecule has 1 aliphatic heterocycles. The van der Waals surface area contributed by atoms with E-state index in [2.05, 4.69) is 0 Å². The molecule has 2 aromatic carbocycles. The van der Waals surface area contributed by atoms with Gasteiger partial charge in [0.1, 0.15) is 12.4 Å². The molecule has 222 valence electrons. The molecule has 1 saturated carbocycles. The molecule has 1 heterocycles. The molecule has 0 radical (unpaired) electrons. The Morgan fingerprint density at radius 1 is 1.00 bits per heavy atom. The van der Waals surface area contributed by atoms with Gasteiger partial charge in [0, 0.05) is 11.8 Å². The van der Waals surface area contributed by atoms with Gasteiger partial charge in [-0.3, -0.25) is 24.1 Å². The molecule has 0 aromatic heterocycles. The number of aliphatic hydroxyl groups excluding tert-OH is 1. The number of Topliss-reactive ketones (excluding diaryl/α,β-unsaturated/α-hetero) is 2. The molecule has 2 N–H and O–H groups in total. The van der Waals surface area contributed by atoms with E-state index in [0.29, 0.717) is 23.3 Å². The number of carbonyl (C=O) groups is 5. The highest BCUT2D eigenvalue weighted by atomic mass is 16.5. The lowest BCUT2D eigenvalue weighted by Gasteiger charge is -2.54. The summed E-state index contributed by atoms with van der Waals surface area (Å²) in [4.78, 5) is 68.5. The number of carboxylic acid groups (broad SMARTS) is 1. The molecule has 2 fully saturated rings. The molecule has 6 atom stereocenters. The number of hydrogen-bond donors (Lipinski definition) is 2. The fourth-order valence-electron chi connectivity index (χ4n) is 7.91. The minimum atomic E-state index is -1.16. The van der Waals surface area contributed by atoms with Crippen LogP contribution in [0.15, 0.2) is 71.3 Å². The highest BCUT2D eigenvalue weighted by molar-refractivity contribution is 6.23. The number of amides is 2. The molecule has 4 aliphatic rings. The van der Waals surface area contributed by atoms with Gasteiger partial charge in [0.15, 0.2) is 11.6 Å². The number of nitrogens with zero attached hydrogens (tertiary/aromatic N) is 1. The molecule has 0 bridgehead atoms. The van der Waals surface area contributed by atoms with E-state index in [9.17, 15) is 29.1 Å². The number of ketones is 2. The number of fused-ring (bicyclic) bond motifs is 4. The topological polar surface area (TPSA) is 138 Å². The zero-order valence-corrected chi connectivity index (χ0v) is 24.2. The van der Waals surface area contributed by atoms with Crippen LogP contribution >= 0.6 is 0 Å². The van der Waals surface area contributed by atoms with E-state index in [0.717, 1.165) is 16.0 Å². The molecule has 6 rings (SSSR count). The van der Waals surface area contributed by atoms with E-state index in [-0.39, 0.29) is 48.4 Å². The molecule has 0 spiro atoms. The molecular formula is C34H33NO8. The van der Waals surface area contributed by atoms with Crippen molar-refractivity contribution in [3.63, 3.8) is 0 Å². The van der Waals surface area contributed by atoms with Crippen molar-refractivity contribution in [3.05, 3.63) is 82.5 Å². The quantitative estimate of drug-likeness (QED) is 0.383. The van der Waals surface area contributed by atoms with E-state index in [1.54, 1.807) is 32.0 Å². The SMILES string of the molecule is CC1=C(C)C(=O)[C@@]2(C)[C@@H](c3ccc(OCCO)cc3)C3=CC[C@@H]4C(=O)N(c5cccc(C(=O)O)c5)C(=O)[C@@H]4[C@@H]3C[C@H]2C1=O. The van der Waals surface area contributed by atoms with Crippen molar-refractivity contribution in [2.75, 3.05) is 18.1 Å². The van der Waals surface area contributed by atoms with Gasteiger partial charge in [-0.2, -0.15) is 0 Å². The highest BCUT2D eigenvalue weighted by Crippen LogP contribution is 2.63. The van der Waals surface area contributed by atoms with Gasteiger partial charge < -0.3 is 14.9 Å². The van der Waals surface area contributed by atoms with Crippen molar-refractivity contribution < 1.29 is 38.9 Å². The van der Waals surface area contributed by atoms with Crippen LogP contribution in [-0.2, 0) is 19.2 Å². The van der Waals surface area contributed by atoms with Gasteiger partial charge in [-0.15, -0.1) is 0 Å². The number of rotatable bonds is 6. The Bertz CT molecular complexity index is 1640. The van der Waals surface area contributed by atoms with E-state index < -0.39 is 46.9 Å². The van der Waals surface area contributed by atoms with Crippen molar-refractivity contribution >= 4 is 35.0 Å².